The molecule has 1 aromatic heterocycles. The van der Waals surface area contributed by atoms with Crippen LogP contribution in [0.15, 0.2) is 35.0 Å². The summed E-state index contributed by atoms with van der Waals surface area (Å²) in [6.07, 6.45) is 3.12. The van der Waals surface area contributed by atoms with Gasteiger partial charge in [0.15, 0.2) is 0 Å². The largest absolute Gasteiger partial charge is 0.493 e. The van der Waals surface area contributed by atoms with Gasteiger partial charge in [0.05, 0.1) is 6.61 Å². The highest BCUT2D eigenvalue weighted by Crippen LogP contribution is 2.31. The van der Waals surface area contributed by atoms with Gasteiger partial charge in [0.25, 0.3) is 0 Å². The zero-order valence-electron chi connectivity index (χ0n) is 10.3. The second-order valence-corrected chi connectivity index (χ2v) is 5.52. The molecule has 1 aliphatic carbocycles. The van der Waals surface area contributed by atoms with E-state index in [1.807, 2.05) is 6.07 Å². The summed E-state index contributed by atoms with van der Waals surface area (Å²) < 4.78 is 5.80. The van der Waals surface area contributed by atoms with Crippen LogP contribution >= 0.6 is 11.3 Å². The van der Waals surface area contributed by atoms with Crippen molar-refractivity contribution in [2.75, 3.05) is 6.61 Å². The number of benzene rings is 1. The predicted molar refractivity (Wildman–Crippen MR) is 75.2 cm³/mol. The molecule has 3 heteroatoms. The van der Waals surface area contributed by atoms with Gasteiger partial charge >= 0.3 is 0 Å². The Morgan fingerprint density at radius 2 is 2.28 bits per heavy atom. The molecule has 18 heavy (non-hydrogen) atoms. The molecule has 0 amide bonds. The molecular formula is C15H17NOS. The minimum absolute atomic E-state index is 0.222. The maximum atomic E-state index is 6.02. The van der Waals surface area contributed by atoms with Crippen molar-refractivity contribution in [3.8, 4) is 5.75 Å². The number of nitrogens with two attached hydrogens (primary N) is 1. The van der Waals surface area contributed by atoms with Crippen molar-refractivity contribution in [1.82, 2.24) is 0 Å². The molecule has 1 heterocycles. The molecule has 1 aromatic carbocycles. The molecule has 0 bridgehead atoms. The van der Waals surface area contributed by atoms with Gasteiger partial charge in [-0.3, -0.25) is 0 Å². The molecule has 0 radical (unpaired) electrons. The van der Waals surface area contributed by atoms with Crippen molar-refractivity contribution in [3.05, 3.63) is 51.7 Å². The van der Waals surface area contributed by atoms with Gasteiger partial charge in [-0.05, 0) is 58.5 Å². The molecule has 3 rings (SSSR count). The second kappa shape index (κ2) is 5.12. The molecule has 1 atom stereocenters. The Hall–Kier alpha value is -1.32. The first kappa shape index (κ1) is 11.8. The van der Waals surface area contributed by atoms with Gasteiger partial charge in [0.2, 0.25) is 0 Å². The highest BCUT2D eigenvalue weighted by molar-refractivity contribution is 7.07. The Labute approximate surface area is 111 Å². The maximum absolute atomic E-state index is 6.02. The normalized spacial score (nSPS) is 17.7. The predicted octanol–water partition coefficient (Wildman–Crippen LogP) is 3.32. The minimum atomic E-state index is 0.222. The molecular weight excluding hydrogens is 242 g/mol. The van der Waals surface area contributed by atoms with Crippen molar-refractivity contribution in [2.45, 2.75) is 25.3 Å². The van der Waals surface area contributed by atoms with E-state index in [9.17, 15) is 0 Å². The summed E-state index contributed by atoms with van der Waals surface area (Å²) in [5.74, 6) is 0.970. The van der Waals surface area contributed by atoms with Crippen LogP contribution in [-0.4, -0.2) is 6.61 Å². The molecule has 2 nitrogen and oxygen atoms in total. The third kappa shape index (κ3) is 2.42. The Bertz CT molecular complexity index is 521. The average molecular weight is 259 g/mol. The van der Waals surface area contributed by atoms with E-state index in [1.54, 1.807) is 11.3 Å². The van der Waals surface area contributed by atoms with Gasteiger partial charge in [-0.15, -0.1) is 0 Å². The van der Waals surface area contributed by atoms with Crippen LogP contribution < -0.4 is 10.5 Å². The Morgan fingerprint density at radius 1 is 1.33 bits per heavy atom. The molecule has 0 saturated heterocycles. The first-order chi connectivity index (χ1) is 8.83. The van der Waals surface area contributed by atoms with Crippen molar-refractivity contribution in [1.29, 1.82) is 0 Å². The smallest absolute Gasteiger partial charge is 0.119 e. The molecule has 94 valence electrons. The lowest BCUT2D eigenvalue weighted by atomic mass is 10.1. The number of aryl methyl sites for hydroxylation is 1. The average Bonchev–Trinajstić information content (AvgIpc) is 3.00. The van der Waals surface area contributed by atoms with Gasteiger partial charge in [-0.1, -0.05) is 6.07 Å². The monoisotopic (exact) mass is 259 g/mol. The summed E-state index contributed by atoms with van der Waals surface area (Å²) in [7, 11) is 0. The molecule has 0 spiro atoms. The number of rotatable bonds is 4. The summed E-state index contributed by atoms with van der Waals surface area (Å²) >= 11 is 1.73. The van der Waals surface area contributed by atoms with Gasteiger partial charge in [-0.2, -0.15) is 11.3 Å². The fraction of sp³-hybridized carbons (Fsp3) is 0.333. The van der Waals surface area contributed by atoms with Crippen molar-refractivity contribution in [3.63, 3.8) is 0 Å². The highest BCUT2D eigenvalue weighted by atomic mass is 32.1. The van der Waals surface area contributed by atoms with Crippen molar-refractivity contribution in [2.24, 2.45) is 5.73 Å². The third-order valence-electron chi connectivity index (χ3n) is 3.48. The zero-order valence-corrected chi connectivity index (χ0v) is 11.1. The number of thiophene rings is 1. The molecule has 2 N–H and O–H groups in total. The van der Waals surface area contributed by atoms with Crippen LogP contribution in [0.1, 0.15) is 29.2 Å². The van der Waals surface area contributed by atoms with E-state index >= 15 is 0 Å². The van der Waals surface area contributed by atoms with E-state index in [4.69, 9.17) is 10.5 Å². The number of hydrogen-bond acceptors (Lipinski definition) is 3. The van der Waals surface area contributed by atoms with E-state index in [0.717, 1.165) is 31.6 Å². The molecule has 1 unspecified atom stereocenters. The second-order valence-electron chi connectivity index (χ2n) is 4.74. The maximum Gasteiger partial charge on any atom is 0.119 e. The summed E-state index contributed by atoms with van der Waals surface area (Å²) in [6.45, 7) is 0.738. The SMILES string of the molecule is NC1CCc2cc(OCCc3ccsc3)ccc21. The van der Waals surface area contributed by atoms with Gasteiger partial charge in [-0.25, -0.2) is 0 Å². The lowest BCUT2D eigenvalue weighted by molar-refractivity contribution is 0.322. The van der Waals surface area contributed by atoms with Crippen LogP contribution in [0.25, 0.3) is 0 Å². The highest BCUT2D eigenvalue weighted by Gasteiger charge is 2.18. The van der Waals surface area contributed by atoms with Gasteiger partial charge < -0.3 is 10.5 Å². The Kier molecular flexibility index (Phi) is 3.35. The van der Waals surface area contributed by atoms with Crippen LogP contribution in [0.4, 0.5) is 0 Å². The topological polar surface area (TPSA) is 35.2 Å². The van der Waals surface area contributed by atoms with Gasteiger partial charge in [0.1, 0.15) is 5.75 Å². The number of hydrogen-bond donors (Lipinski definition) is 1. The van der Waals surface area contributed by atoms with Crippen molar-refractivity contribution >= 4 is 11.3 Å². The number of ether oxygens (including phenoxy) is 1. The van der Waals surface area contributed by atoms with Crippen LogP contribution in [0.2, 0.25) is 0 Å². The van der Waals surface area contributed by atoms with E-state index in [2.05, 4.69) is 29.0 Å². The zero-order chi connectivity index (χ0) is 12.4. The summed E-state index contributed by atoms with van der Waals surface area (Å²) in [5.41, 5.74) is 10.0. The lowest BCUT2D eigenvalue weighted by Gasteiger charge is -2.09. The van der Waals surface area contributed by atoms with Crippen LogP contribution in [0, 0.1) is 0 Å². The molecule has 2 aromatic rings. The summed E-state index contributed by atoms with van der Waals surface area (Å²) in [4.78, 5) is 0. The van der Waals surface area contributed by atoms with Crippen molar-refractivity contribution < 1.29 is 4.74 Å². The molecule has 0 aliphatic heterocycles. The third-order valence-corrected chi connectivity index (χ3v) is 4.21. The first-order valence-corrected chi connectivity index (χ1v) is 7.29. The Morgan fingerprint density at radius 3 is 3.11 bits per heavy atom. The van der Waals surface area contributed by atoms with E-state index in [0.29, 0.717) is 0 Å². The molecule has 1 aliphatic rings. The first-order valence-electron chi connectivity index (χ1n) is 6.35. The van der Waals surface area contributed by atoms with Crippen LogP contribution in [0.5, 0.6) is 5.75 Å². The lowest BCUT2D eigenvalue weighted by Crippen LogP contribution is -2.05. The fourth-order valence-electron chi connectivity index (χ4n) is 2.44. The standard InChI is InChI=1S/C15H17NOS/c16-15-4-1-12-9-13(2-3-14(12)15)17-7-5-11-6-8-18-10-11/h2-3,6,8-10,15H,1,4-5,7,16H2. The number of fused-ring (bicyclic) bond motifs is 1. The van der Waals surface area contributed by atoms with E-state index in [1.165, 1.54) is 16.7 Å². The summed E-state index contributed by atoms with van der Waals surface area (Å²) in [6, 6.07) is 8.68. The van der Waals surface area contributed by atoms with E-state index in [-0.39, 0.29) is 6.04 Å². The molecule has 0 saturated carbocycles. The summed E-state index contributed by atoms with van der Waals surface area (Å²) in [5, 5.41) is 4.27. The van der Waals surface area contributed by atoms with E-state index < -0.39 is 0 Å². The minimum Gasteiger partial charge on any atom is -0.493 e. The quantitative estimate of drug-likeness (QED) is 0.914. The Balaban J connectivity index is 1.60. The fourth-order valence-corrected chi connectivity index (χ4v) is 3.14. The van der Waals surface area contributed by atoms with Gasteiger partial charge in [0, 0.05) is 12.5 Å². The van der Waals surface area contributed by atoms with Crippen LogP contribution in [-0.2, 0) is 12.8 Å². The molecule has 0 fully saturated rings. The van der Waals surface area contributed by atoms with Crippen LogP contribution in [0.3, 0.4) is 0 Å².